The number of nitrogens with zero attached hydrogens (tertiary/aromatic N) is 1. The van der Waals surface area contributed by atoms with Crippen LogP contribution in [0.1, 0.15) is 18.4 Å². The molecule has 17 heavy (non-hydrogen) atoms. The summed E-state index contributed by atoms with van der Waals surface area (Å²) in [5.41, 5.74) is 6.79. The molecule has 0 radical (unpaired) electrons. The number of halogens is 2. The van der Waals surface area contributed by atoms with Crippen LogP contribution in [0.2, 0.25) is 0 Å². The van der Waals surface area contributed by atoms with Gasteiger partial charge in [0.05, 0.1) is 6.54 Å². The number of hydrogen-bond donors (Lipinski definition) is 1. The zero-order valence-corrected chi connectivity index (χ0v) is 9.83. The molecule has 2 rings (SSSR count). The van der Waals surface area contributed by atoms with Crippen LogP contribution in [0.3, 0.4) is 0 Å². The molecule has 1 aliphatic heterocycles. The van der Waals surface area contributed by atoms with Crippen LogP contribution in [0, 0.1) is 0 Å². The number of alkyl halides is 2. The number of benzene rings is 1. The summed E-state index contributed by atoms with van der Waals surface area (Å²) in [5, 5.41) is 0. The van der Waals surface area contributed by atoms with Gasteiger partial charge in [-0.05, 0) is 30.5 Å². The van der Waals surface area contributed by atoms with E-state index in [1.54, 1.807) is 12.1 Å². The van der Waals surface area contributed by atoms with Crippen molar-refractivity contribution in [3.8, 4) is 0 Å². The number of anilines is 1. The van der Waals surface area contributed by atoms with E-state index in [9.17, 15) is 8.78 Å². The smallest absolute Gasteiger partial charge is 0.264 e. The highest BCUT2D eigenvalue weighted by molar-refractivity contribution is 5.48. The first kappa shape index (κ1) is 12.3. The van der Waals surface area contributed by atoms with E-state index < -0.39 is 12.5 Å². The Labute approximate surface area is 100 Å². The van der Waals surface area contributed by atoms with Crippen LogP contribution >= 0.6 is 0 Å². The lowest BCUT2D eigenvalue weighted by Gasteiger charge is -2.18. The molecule has 2 N–H and O–H groups in total. The SMILES string of the molecule is NCC(F)(F)Cc1ccc(N2CCCC2)cc1. The topological polar surface area (TPSA) is 29.3 Å². The minimum Gasteiger partial charge on any atom is -0.372 e. The van der Waals surface area contributed by atoms with Crippen molar-refractivity contribution in [3.05, 3.63) is 29.8 Å². The van der Waals surface area contributed by atoms with E-state index in [4.69, 9.17) is 5.73 Å². The standard InChI is InChI=1S/C13H18F2N2/c14-13(15,10-16)9-11-3-5-12(6-4-11)17-7-1-2-8-17/h3-6H,1-2,7-10,16H2. The molecule has 0 atom stereocenters. The summed E-state index contributed by atoms with van der Waals surface area (Å²) in [7, 11) is 0. The van der Waals surface area contributed by atoms with Crippen LogP contribution < -0.4 is 10.6 Å². The van der Waals surface area contributed by atoms with Crippen molar-refractivity contribution in [1.82, 2.24) is 0 Å². The second-order valence-electron chi connectivity index (χ2n) is 4.60. The molecule has 1 aromatic carbocycles. The second-order valence-corrected chi connectivity index (χ2v) is 4.60. The van der Waals surface area contributed by atoms with Gasteiger partial charge in [0.25, 0.3) is 5.92 Å². The number of nitrogens with two attached hydrogens (primary N) is 1. The fraction of sp³-hybridized carbons (Fsp3) is 0.538. The van der Waals surface area contributed by atoms with Gasteiger partial charge >= 0.3 is 0 Å². The van der Waals surface area contributed by atoms with Gasteiger partial charge in [-0.25, -0.2) is 8.78 Å². The molecule has 4 heteroatoms. The van der Waals surface area contributed by atoms with E-state index in [1.807, 2.05) is 12.1 Å². The largest absolute Gasteiger partial charge is 0.372 e. The maximum atomic E-state index is 13.1. The van der Waals surface area contributed by atoms with Crippen LogP contribution in [0.25, 0.3) is 0 Å². The molecule has 0 amide bonds. The van der Waals surface area contributed by atoms with E-state index in [-0.39, 0.29) is 6.42 Å². The average Bonchev–Trinajstić information content (AvgIpc) is 2.83. The fourth-order valence-corrected chi connectivity index (χ4v) is 2.17. The van der Waals surface area contributed by atoms with Crippen molar-refractivity contribution >= 4 is 5.69 Å². The third-order valence-corrected chi connectivity index (χ3v) is 3.17. The van der Waals surface area contributed by atoms with Crippen LogP contribution in [-0.2, 0) is 6.42 Å². The average molecular weight is 240 g/mol. The summed E-state index contributed by atoms with van der Waals surface area (Å²) in [6.45, 7) is 1.54. The Hall–Kier alpha value is -1.16. The number of hydrogen-bond acceptors (Lipinski definition) is 2. The van der Waals surface area contributed by atoms with Crippen LogP contribution in [0.5, 0.6) is 0 Å². The van der Waals surface area contributed by atoms with Gasteiger partial charge in [0.15, 0.2) is 0 Å². The first-order valence-corrected chi connectivity index (χ1v) is 6.02. The summed E-state index contributed by atoms with van der Waals surface area (Å²) in [5.74, 6) is -2.80. The molecule has 1 aliphatic rings. The molecular formula is C13H18F2N2. The normalized spacial score (nSPS) is 16.5. The summed E-state index contributed by atoms with van der Waals surface area (Å²) in [6, 6.07) is 7.40. The maximum Gasteiger partial charge on any atom is 0.264 e. The second kappa shape index (κ2) is 5.00. The maximum absolute atomic E-state index is 13.1. The van der Waals surface area contributed by atoms with Gasteiger partial charge < -0.3 is 10.6 Å². The van der Waals surface area contributed by atoms with Crippen LogP contribution in [-0.4, -0.2) is 25.6 Å². The van der Waals surface area contributed by atoms with Crippen molar-refractivity contribution in [2.45, 2.75) is 25.2 Å². The van der Waals surface area contributed by atoms with Gasteiger partial charge in [-0.2, -0.15) is 0 Å². The van der Waals surface area contributed by atoms with Crippen molar-refractivity contribution < 1.29 is 8.78 Å². The third kappa shape index (κ3) is 3.16. The van der Waals surface area contributed by atoms with E-state index in [0.717, 1.165) is 18.8 Å². The van der Waals surface area contributed by atoms with Gasteiger partial charge in [0.1, 0.15) is 0 Å². The first-order chi connectivity index (χ1) is 8.11. The van der Waals surface area contributed by atoms with E-state index in [1.165, 1.54) is 12.8 Å². The molecule has 0 spiro atoms. The molecule has 1 fully saturated rings. The highest BCUT2D eigenvalue weighted by atomic mass is 19.3. The minimum atomic E-state index is -2.80. The molecule has 0 aromatic heterocycles. The van der Waals surface area contributed by atoms with E-state index in [0.29, 0.717) is 5.56 Å². The minimum absolute atomic E-state index is 0.274. The predicted octanol–water partition coefficient (Wildman–Crippen LogP) is 2.42. The van der Waals surface area contributed by atoms with E-state index in [2.05, 4.69) is 4.90 Å². The Bertz CT molecular complexity index is 356. The molecular weight excluding hydrogens is 222 g/mol. The highest BCUT2D eigenvalue weighted by Gasteiger charge is 2.26. The van der Waals surface area contributed by atoms with E-state index >= 15 is 0 Å². The molecule has 1 aromatic rings. The molecule has 0 unspecified atom stereocenters. The lowest BCUT2D eigenvalue weighted by molar-refractivity contribution is 0.0115. The van der Waals surface area contributed by atoms with Crippen molar-refractivity contribution in [2.75, 3.05) is 24.5 Å². The zero-order chi connectivity index (χ0) is 12.3. The van der Waals surface area contributed by atoms with Crippen molar-refractivity contribution in [3.63, 3.8) is 0 Å². The summed E-state index contributed by atoms with van der Waals surface area (Å²) in [4.78, 5) is 2.28. The lowest BCUT2D eigenvalue weighted by atomic mass is 10.1. The Morgan fingerprint density at radius 2 is 1.71 bits per heavy atom. The molecule has 1 saturated heterocycles. The molecule has 94 valence electrons. The Morgan fingerprint density at radius 1 is 1.12 bits per heavy atom. The van der Waals surface area contributed by atoms with Gasteiger partial charge in [-0.1, -0.05) is 12.1 Å². The molecule has 0 saturated carbocycles. The summed E-state index contributed by atoms with van der Waals surface area (Å²) >= 11 is 0. The molecule has 2 nitrogen and oxygen atoms in total. The van der Waals surface area contributed by atoms with Gasteiger partial charge in [-0.3, -0.25) is 0 Å². The predicted molar refractivity (Wildman–Crippen MR) is 65.6 cm³/mol. The molecule has 1 heterocycles. The van der Waals surface area contributed by atoms with Gasteiger partial charge in [0.2, 0.25) is 0 Å². The highest BCUT2D eigenvalue weighted by Crippen LogP contribution is 2.23. The van der Waals surface area contributed by atoms with Gasteiger partial charge in [0, 0.05) is 25.2 Å². The zero-order valence-electron chi connectivity index (χ0n) is 9.83. The summed E-state index contributed by atoms with van der Waals surface area (Å²) < 4.78 is 26.2. The Morgan fingerprint density at radius 3 is 2.24 bits per heavy atom. The lowest BCUT2D eigenvalue weighted by Crippen LogP contribution is -2.30. The fourth-order valence-electron chi connectivity index (χ4n) is 2.17. The molecule has 0 aliphatic carbocycles. The van der Waals surface area contributed by atoms with Gasteiger partial charge in [-0.15, -0.1) is 0 Å². The monoisotopic (exact) mass is 240 g/mol. The Kier molecular flexibility index (Phi) is 3.62. The number of rotatable bonds is 4. The Balaban J connectivity index is 2.02. The van der Waals surface area contributed by atoms with Crippen molar-refractivity contribution in [1.29, 1.82) is 0 Å². The third-order valence-electron chi connectivity index (χ3n) is 3.17. The quantitative estimate of drug-likeness (QED) is 0.875. The van der Waals surface area contributed by atoms with Crippen LogP contribution in [0.15, 0.2) is 24.3 Å². The summed E-state index contributed by atoms with van der Waals surface area (Å²) in [6.07, 6.45) is 2.16. The first-order valence-electron chi connectivity index (χ1n) is 6.02. The van der Waals surface area contributed by atoms with Crippen molar-refractivity contribution in [2.24, 2.45) is 5.73 Å². The van der Waals surface area contributed by atoms with Crippen LogP contribution in [0.4, 0.5) is 14.5 Å². The molecule has 0 bridgehead atoms.